The molecule has 8 nitrogen and oxygen atoms in total. The van der Waals surface area contributed by atoms with Crippen LogP contribution in [0.4, 0.5) is 5.13 Å². The Morgan fingerprint density at radius 2 is 2.00 bits per heavy atom. The predicted molar refractivity (Wildman–Crippen MR) is 111 cm³/mol. The Morgan fingerprint density at radius 3 is 2.72 bits per heavy atom. The normalized spacial score (nSPS) is 12.9. The van der Waals surface area contributed by atoms with Gasteiger partial charge in [0.25, 0.3) is 10.0 Å². The molecule has 10 heteroatoms. The molecule has 0 aliphatic heterocycles. The Morgan fingerprint density at radius 1 is 1.21 bits per heavy atom. The summed E-state index contributed by atoms with van der Waals surface area (Å²) in [5.74, 6) is -0.507. The third kappa shape index (κ3) is 4.08. The first-order chi connectivity index (χ1) is 13.9. The van der Waals surface area contributed by atoms with E-state index in [1.165, 1.54) is 24.0 Å². The molecule has 0 fully saturated rings. The number of fused-ring (bicyclic) bond motifs is 1. The molecule has 0 bridgehead atoms. The lowest BCUT2D eigenvalue weighted by Gasteiger charge is -2.13. The van der Waals surface area contributed by atoms with Gasteiger partial charge in [0, 0.05) is 23.6 Å². The highest BCUT2D eigenvalue weighted by molar-refractivity contribution is 7.93. The van der Waals surface area contributed by atoms with Crippen LogP contribution >= 0.6 is 11.5 Å². The van der Waals surface area contributed by atoms with Crippen LogP contribution in [0.2, 0.25) is 0 Å². The average Bonchev–Trinajstić information content (AvgIpc) is 3.32. The van der Waals surface area contributed by atoms with Gasteiger partial charge in [0.15, 0.2) is 5.58 Å². The topological polar surface area (TPSA) is 107 Å². The van der Waals surface area contributed by atoms with Gasteiger partial charge in [0.2, 0.25) is 5.13 Å². The molecule has 0 amide bonds. The molecule has 29 heavy (non-hydrogen) atoms. The number of nitrogens with one attached hydrogen (secondary N) is 1. The van der Waals surface area contributed by atoms with Crippen LogP contribution in [-0.2, 0) is 16.4 Å². The number of oxazole rings is 1. The first kappa shape index (κ1) is 19.3. The highest BCUT2D eigenvalue weighted by atomic mass is 32.2. The number of hydrogen-bond donors (Lipinski definition) is 1. The van der Waals surface area contributed by atoms with Gasteiger partial charge in [-0.15, -0.1) is 0 Å². The maximum absolute atomic E-state index is 12.5. The lowest BCUT2D eigenvalue weighted by Crippen LogP contribution is -2.19. The number of nitrogens with zero attached hydrogens (tertiary/aromatic N) is 3. The van der Waals surface area contributed by atoms with E-state index < -0.39 is 15.8 Å². The van der Waals surface area contributed by atoms with Crippen LogP contribution in [0.5, 0.6) is 0 Å². The fourth-order valence-corrected chi connectivity index (χ4v) is 4.82. The van der Waals surface area contributed by atoms with E-state index in [9.17, 15) is 13.2 Å². The molecular formula is C19H18N4O4S2. The van der Waals surface area contributed by atoms with Crippen molar-refractivity contribution in [2.75, 3.05) is 4.72 Å². The van der Waals surface area contributed by atoms with Crippen LogP contribution in [-0.4, -0.2) is 22.3 Å². The van der Waals surface area contributed by atoms with Crippen LogP contribution in [0.1, 0.15) is 24.9 Å². The summed E-state index contributed by atoms with van der Waals surface area (Å²) in [6.45, 7) is 1.95. The van der Waals surface area contributed by atoms with E-state index in [4.69, 9.17) is 4.42 Å². The van der Waals surface area contributed by atoms with Crippen molar-refractivity contribution in [2.45, 2.75) is 30.7 Å². The first-order valence-electron chi connectivity index (χ1n) is 8.92. The zero-order valence-electron chi connectivity index (χ0n) is 15.5. The van der Waals surface area contributed by atoms with Gasteiger partial charge in [0.05, 0.1) is 10.4 Å². The summed E-state index contributed by atoms with van der Waals surface area (Å²) in [6, 6.07) is 14.3. The number of aromatic nitrogens is 3. The SMILES string of the molecule is CC(CCc1ccccc1)n1c(=O)oc2cc(S(=O)(=O)Nc3ncns3)ccc21. The first-order valence-corrected chi connectivity index (χ1v) is 11.2. The Kier molecular flexibility index (Phi) is 5.20. The van der Waals surface area contributed by atoms with Crippen molar-refractivity contribution < 1.29 is 12.8 Å². The molecule has 1 unspecified atom stereocenters. The van der Waals surface area contributed by atoms with Gasteiger partial charge in [-0.05, 0) is 37.5 Å². The molecule has 0 saturated carbocycles. The maximum atomic E-state index is 12.5. The average molecular weight is 431 g/mol. The minimum Gasteiger partial charge on any atom is -0.408 e. The standard InChI is InChI=1S/C19H18N4O4S2/c1-13(7-8-14-5-3-2-4-6-14)23-16-10-9-15(11-17(16)27-19(23)24)29(25,26)22-18-20-12-21-28-18/h2-6,9-13H,7-8H2,1H3,(H,20,21,22). The number of sulfonamides is 1. The zero-order valence-corrected chi connectivity index (χ0v) is 17.1. The number of anilines is 1. The van der Waals surface area contributed by atoms with E-state index in [2.05, 4.69) is 14.1 Å². The van der Waals surface area contributed by atoms with Crippen molar-refractivity contribution in [1.82, 2.24) is 13.9 Å². The second-order valence-electron chi connectivity index (χ2n) is 6.59. The lowest BCUT2D eigenvalue weighted by atomic mass is 10.1. The highest BCUT2D eigenvalue weighted by Crippen LogP contribution is 2.24. The minimum atomic E-state index is -3.86. The number of rotatable bonds is 7. The van der Waals surface area contributed by atoms with Crippen molar-refractivity contribution in [2.24, 2.45) is 0 Å². The summed E-state index contributed by atoms with van der Waals surface area (Å²) < 4.78 is 38.1. The molecule has 0 aliphatic rings. The van der Waals surface area contributed by atoms with Gasteiger partial charge in [-0.3, -0.25) is 9.29 Å². The molecule has 0 spiro atoms. The summed E-state index contributed by atoms with van der Waals surface area (Å²) in [5.41, 5.74) is 1.98. The number of hydrogen-bond acceptors (Lipinski definition) is 7. The predicted octanol–water partition coefficient (Wildman–Crippen LogP) is 3.44. The third-order valence-corrected chi connectivity index (χ3v) is 6.66. The molecule has 2 heterocycles. The van der Waals surface area contributed by atoms with Gasteiger partial charge >= 0.3 is 5.76 Å². The molecule has 4 aromatic rings. The van der Waals surface area contributed by atoms with E-state index in [1.54, 1.807) is 10.6 Å². The van der Waals surface area contributed by atoms with Crippen molar-refractivity contribution in [3.8, 4) is 0 Å². The quantitative estimate of drug-likeness (QED) is 0.481. The van der Waals surface area contributed by atoms with Gasteiger partial charge in [-0.25, -0.2) is 18.2 Å². The number of benzene rings is 2. The zero-order chi connectivity index (χ0) is 20.4. The Bertz CT molecular complexity index is 1280. The Labute approximate surface area is 171 Å². The van der Waals surface area contributed by atoms with Crippen LogP contribution < -0.4 is 10.5 Å². The minimum absolute atomic E-state index is 0.0157. The molecule has 1 atom stereocenters. The molecule has 0 saturated heterocycles. The van der Waals surface area contributed by atoms with E-state index in [0.29, 0.717) is 5.52 Å². The fourth-order valence-electron chi connectivity index (χ4n) is 3.14. The van der Waals surface area contributed by atoms with Crippen molar-refractivity contribution in [3.63, 3.8) is 0 Å². The van der Waals surface area contributed by atoms with E-state index in [1.807, 2.05) is 37.3 Å². The molecule has 4 rings (SSSR count). The molecule has 2 aromatic carbocycles. The summed E-state index contributed by atoms with van der Waals surface area (Å²) in [5, 5.41) is 0.165. The van der Waals surface area contributed by atoms with E-state index >= 15 is 0 Å². The van der Waals surface area contributed by atoms with Crippen LogP contribution in [0.15, 0.2) is 69.0 Å². The highest BCUT2D eigenvalue weighted by Gasteiger charge is 2.20. The summed E-state index contributed by atoms with van der Waals surface area (Å²) in [4.78, 5) is 16.2. The smallest absolute Gasteiger partial charge is 0.408 e. The lowest BCUT2D eigenvalue weighted by molar-refractivity contribution is 0.442. The van der Waals surface area contributed by atoms with Gasteiger partial charge in [0.1, 0.15) is 6.33 Å². The van der Waals surface area contributed by atoms with Crippen LogP contribution in [0, 0.1) is 0 Å². The summed E-state index contributed by atoms with van der Waals surface area (Å²) in [7, 11) is -3.86. The molecule has 0 radical (unpaired) electrons. The Hall–Kier alpha value is -2.98. The fraction of sp³-hybridized carbons (Fsp3) is 0.211. The molecular weight excluding hydrogens is 412 g/mol. The summed E-state index contributed by atoms with van der Waals surface area (Å²) in [6.07, 6.45) is 2.83. The molecule has 2 aromatic heterocycles. The van der Waals surface area contributed by atoms with E-state index in [-0.39, 0.29) is 21.7 Å². The monoisotopic (exact) mass is 430 g/mol. The molecule has 0 aliphatic carbocycles. The van der Waals surface area contributed by atoms with Crippen molar-refractivity contribution >= 4 is 37.8 Å². The Balaban J connectivity index is 1.60. The van der Waals surface area contributed by atoms with Crippen molar-refractivity contribution in [3.05, 3.63) is 71.0 Å². The largest absolute Gasteiger partial charge is 0.420 e. The molecule has 1 N–H and O–H groups in total. The van der Waals surface area contributed by atoms with Gasteiger partial charge < -0.3 is 4.42 Å². The summed E-state index contributed by atoms with van der Waals surface area (Å²) >= 11 is 0.933. The van der Waals surface area contributed by atoms with Crippen LogP contribution in [0.25, 0.3) is 11.1 Å². The van der Waals surface area contributed by atoms with Crippen molar-refractivity contribution in [1.29, 1.82) is 0 Å². The second-order valence-corrected chi connectivity index (χ2v) is 9.06. The number of aryl methyl sites for hydroxylation is 1. The van der Waals surface area contributed by atoms with Gasteiger partial charge in [-0.1, -0.05) is 30.3 Å². The second kappa shape index (κ2) is 7.80. The molecule has 150 valence electrons. The van der Waals surface area contributed by atoms with E-state index in [0.717, 1.165) is 24.4 Å². The third-order valence-electron chi connectivity index (χ3n) is 4.61. The van der Waals surface area contributed by atoms with Crippen LogP contribution in [0.3, 0.4) is 0 Å². The van der Waals surface area contributed by atoms with Gasteiger partial charge in [-0.2, -0.15) is 4.37 Å². The maximum Gasteiger partial charge on any atom is 0.420 e.